The summed E-state index contributed by atoms with van der Waals surface area (Å²) in [7, 11) is 0. The first-order valence-electron chi connectivity index (χ1n) is 10.3. The highest BCUT2D eigenvalue weighted by Gasteiger charge is 2.52. The number of carbonyl (C=O) groups excluding carboxylic acids is 2. The Hall–Kier alpha value is -3.00. The van der Waals surface area contributed by atoms with Gasteiger partial charge in [-0.15, -0.1) is 0 Å². The fourth-order valence-corrected chi connectivity index (χ4v) is 3.75. The molecule has 0 fully saturated rings. The smallest absolute Gasteiger partial charge is 0.264 e. The van der Waals surface area contributed by atoms with Crippen molar-refractivity contribution < 1.29 is 24.9 Å². The zero-order valence-corrected chi connectivity index (χ0v) is 17.7. The highest BCUT2D eigenvalue weighted by Crippen LogP contribution is 2.45. The van der Waals surface area contributed by atoms with Crippen molar-refractivity contribution >= 4 is 23.2 Å². The van der Waals surface area contributed by atoms with Gasteiger partial charge in [-0.3, -0.25) is 9.59 Å². The van der Waals surface area contributed by atoms with Gasteiger partial charge in [-0.1, -0.05) is 49.4 Å². The van der Waals surface area contributed by atoms with Gasteiger partial charge in [-0.05, 0) is 37.1 Å². The number of benzene rings is 2. The first kappa shape index (κ1) is 22.7. The lowest BCUT2D eigenvalue weighted by molar-refractivity contribution is -0.139. The van der Waals surface area contributed by atoms with Gasteiger partial charge in [0.05, 0.1) is 12.2 Å². The van der Waals surface area contributed by atoms with Crippen LogP contribution in [0.3, 0.4) is 0 Å². The third kappa shape index (κ3) is 4.54. The average Bonchev–Trinajstić information content (AvgIpc) is 2.97. The fraction of sp³-hybridized carbons (Fsp3) is 0.333. The number of nitrogens with zero attached hydrogens (tertiary/aromatic N) is 1. The molecule has 0 aliphatic carbocycles. The summed E-state index contributed by atoms with van der Waals surface area (Å²) in [6.07, 6.45) is 2.83. The molecule has 3 atom stereocenters. The lowest BCUT2D eigenvalue weighted by Gasteiger charge is -2.27. The van der Waals surface area contributed by atoms with Crippen molar-refractivity contribution in [3.05, 3.63) is 71.8 Å². The van der Waals surface area contributed by atoms with Crippen LogP contribution in [0.5, 0.6) is 0 Å². The predicted octanol–water partition coefficient (Wildman–Crippen LogP) is 2.31. The number of para-hydroxylation sites is 1. The number of amides is 2. The minimum Gasteiger partial charge on any atom is -0.396 e. The molecule has 0 unspecified atom stereocenters. The maximum absolute atomic E-state index is 13.4. The summed E-state index contributed by atoms with van der Waals surface area (Å²) in [5.74, 6) is -1.43. The van der Waals surface area contributed by atoms with Gasteiger partial charge in [0, 0.05) is 23.8 Å². The minimum absolute atomic E-state index is 0.000243. The zero-order valence-electron chi connectivity index (χ0n) is 17.7. The van der Waals surface area contributed by atoms with Crippen LogP contribution in [0.15, 0.2) is 60.7 Å². The number of hydrogen-bond acceptors (Lipinski definition) is 5. The van der Waals surface area contributed by atoms with E-state index < -0.39 is 29.4 Å². The Morgan fingerprint density at radius 3 is 2.65 bits per heavy atom. The van der Waals surface area contributed by atoms with Crippen molar-refractivity contribution in [2.24, 2.45) is 5.92 Å². The molecule has 2 amide bonds. The van der Waals surface area contributed by atoms with Crippen LogP contribution < -0.4 is 10.2 Å². The standard InChI is InChI=1S/C24H28N2O5/c1-16(8-5-6-13-27)24(31)20-11-3-4-12-21(20)26(23(24)30)15-18-9-7-10-19(14-18)25-22(29)17(2)28/h3-5,7-12,14,16-17,27-28,31H,6,13,15H2,1-2H3,(H,25,29)/b8-5+/t16-,17+,24+/m1/s1. The van der Waals surface area contributed by atoms with E-state index in [1.54, 1.807) is 60.4 Å². The molecule has 0 spiro atoms. The molecular weight excluding hydrogens is 396 g/mol. The van der Waals surface area contributed by atoms with Crippen molar-refractivity contribution in [1.29, 1.82) is 0 Å². The monoisotopic (exact) mass is 424 g/mol. The van der Waals surface area contributed by atoms with E-state index in [1.165, 1.54) is 6.92 Å². The van der Waals surface area contributed by atoms with E-state index in [0.717, 1.165) is 5.56 Å². The third-order valence-corrected chi connectivity index (χ3v) is 5.47. The van der Waals surface area contributed by atoms with E-state index in [0.29, 0.717) is 23.4 Å². The number of anilines is 2. The SMILES string of the molecule is C[C@H](O)C(=O)Nc1cccc(CN2C(=O)[C@](O)([C@H](C)/C=C/CCO)c3ccccc32)c1. The number of rotatable bonds is 8. The molecular formula is C24H28N2O5. The van der Waals surface area contributed by atoms with Crippen LogP contribution in [0.1, 0.15) is 31.4 Å². The van der Waals surface area contributed by atoms with E-state index in [9.17, 15) is 19.8 Å². The highest BCUT2D eigenvalue weighted by atomic mass is 16.3. The molecule has 164 valence electrons. The van der Waals surface area contributed by atoms with Crippen LogP contribution in [0.2, 0.25) is 0 Å². The molecule has 0 bridgehead atoms. The Labute approximate surface area is 181 Å². The predicted molar refractivity (Wildman–Crippen MR) is 118 cm³/mol. The molecule has 4 N–H and O–H groups in total. The van der Waals surface area contributed by atoms with Crippen LogP contribution >= 0.6 is 0 Å². The molecule has 1 heterocycles. The van der Waals surface area contributed by atoms with Crippen LogP contribution in [0, 0.1) is 5.92 Å². The van der Waals surface area contributed by atoms with Gasteiger partial charge in [0.1, 0.15) is 6.10 Å². The first-order chi connectivity index (χ1) is 14.8. The Bertz CT molecular complexity index is 987. The summed E-state index contributed by atoms with van der Waals surface area (Å²) in [5.41, 5.74) is 0.745. The molecule has 1 aliphatic heterocycles. The summed E-state index contributed by atoms with van der Waals surface area (Å²) < 4.78 is 0. The van der Waals surface area contributed by atoms with Gasteiger partial charge >= 0.3 is 0 Å². The van der Waals surface area contributed by atoms with Crippen molar-refractivity contribution in [2.75, 3.05) is 16.8 Å². The zero-order chi connectivity index (χ0) is 22.6. The van der Waals surface area contributed by atoms with Gasteiger partial charge in [0.25, 0.3) is 11.8 Å². The topological polar surface area (TPSA) is 110 Å². The molecule has 0 saturated heterocycles. The summed E-state index contributed by atoms with van der Waals surface area (Å²) in [5, 5.41) is 32.5. The lowest BCUT2D eigenvalue weighted by Crippen LogP contribution is -2.44. The second-order valence-corrected chi connectivity index (χ2v) is 7.77. The number of carbonyl (C=O) groups is 2. The van der Waals surface area contributed by atoms with E-state index in [1.807, 2.05) is 12.1 Å². The maximum atomic E-state index is 13.4. The molecule has 7 nitrogen and oxygen atoms in total. The molecule has 2 aromatic rings. The minimum atomic E-state index is -1.71. The molecule has 31 heavy (non-hydrogen) atoms. The second-order valence-electron chi connectivity index (χ2n) is 7.77. The van der Waals surface area contributed by atoms with Crippen molar-refractivity contribution in [2.45, 2.75) is 38.5 Å². The Kier molecular flexibility index (Phi) is 6.90. The molecule has 2 aromatic carbocycles. The van der Waals surface area contributed by atoms with Crippen molar-refractivity contribution in [3.63, 3.8) is 0 Å². The second kappa shape index (κ2) is 9.43. The van der Waals surface area contributed by atoms with Crippen LogP contribution in [-0.4, -0.2) is 39.8 Å². The summed E-state index contributed by atoms with van der Waals surface area (Å²) in [4.78, 5) is 26.7. The maximum Gasteiger partial charge on any atom is 0.264 e. The number of aliphatic hydroxyl groups is 3. The van der Waals surface area contributed by atoms with Gasteiger partial charge in [0.15, 0.2) is 5.60 Å². The Morgan fingerprint density at radius 1 is 1.19 bits per heavy atom. The lowest BCUT2D eigenvalue weighted by atomic mass is 9.83. The Morgan fingerprint density at radius 2 is 1.94 bits per heavy atom. The van der Waals surface area contributed by atoms with Gasteiger partial charge in [-0.2, -0.15) is 0 Å². The first-order valence-corrected chi connectivity index (χ1v) is 10.3. The van der Waals surface area contributed by atoms with Gasteiger partial charge < -0.3 is 25.5 Å². The van der Waals surface area contributed by atoms with E-state index in [4.69, 9.17) is 5.11 Å². The quantitative estimate of drug-likeness (QED) is 0.486. The molecule has 0 saturated carbocycles. The number of hydrogen-bond donors (Lipinski definition) is 4. The molecule has 3 rings (SSSR count). The number of nitrogens with one attached hydrogen (secondary N) is 1. The van der Waals surface area contributed by atoms with E-state index in [-0.39, 0.29) is 13.2 Å². The average molecular weight is 424 g/mol. The molecule has 0 aromatic heterocycles. The van der Waals surface area contributed by atoms with E-state index >= 15 is 0 Å². The largest absolute Gasteiger partial charge is 0.396 e. The molecule has 1 aliphatic rings. The summed E-state index contributed by atoms with van der Waals surface area (Å²) in [6.45, 7) is 3.37. The molecule has 7 heteroatoms. The normalized spacial score (nSPS) is 20.0. The van der Waals surface area contributed by atoms with Crippen LogP contribution in [-0.2, 0) is 21.7 Å². The number of aliphatic hydroxyl groups excluding tert-OH is 2. The fourth-order valence-electron chi connectivity index (χ4n) is 3.75. The van der Waals surface area contributed by atoms with E-state index in [2.05, 4.69) is 5.32 Å². The number of fused-ring (bicyclic) bond motifs is 1. The van der Waals surface area contributed by atoms with Crippen molar-refractivity contribution in [3.8, 4) is 0 Å². The van der Waals surface area contributed by atoms with Crippen molar-refractivity contribution in [1.82, 2.24) is 0 Å². The van der Waals surface area contributed by atoms with Gasteiger partial charge in [0.2, 0.25) is 0 Å². The Balaban J connectivity index is 1.90. The third-order valence-electron chi connectivity index (χ3n) is 5.47. The summed E-state index contributed by atoms with van der Waals surface area (Å²) in [6, 6.07) is 14.2. The summed E-state index contributed by atoms with van der Waals surface area (Å²) >= 11 is 0. The van der Waals surface area contributed by atoms with Crippen LogP contribution in [0.4, 0.5) is 11.4 Å². The molecule has 0 radical (unpaired) electrons. The van der Waals surface area contributed by atoms with Gasteiger partial charge in [-0.25, -0.2) is 0 Å². The van der Waals surface area contributed by atoms with Crippen LogP contribution in [0.25, 0.3) is 0 Å². The highest BCUT2D eigenvalue weighted by molar-refractivity contribution is 6.07.